The highest BCUT2D eigenvalue weighted by Gasteiger charge is 2.49. The highest BCUT2D eigenvalue weighted by molar-refractivity contribution is 6.00. The Morgan fingerprint density at radius 3 is 1.18 bits per heavy atom. The number of carbonyl (C=O) groups excluding carboxylic acids is 6. The Morgan fingerprint density at radius 1 is 0.509 bits per heavy atom. The number of carbonyl (C=O) groups is 6. The van der Waals surface area contributed by atoms with Gasteiger partial charge >= 0.3 is 18.3 Å². The van der Waals surface area contributed by atoms with Crippen LogP contribution in [-0.2, 0) is 47.9 Å². The highest BCUT2D eigenvalue weighted by Crippen LogP contribution is 2.33. The number of benzene rings is 3. The lowest BCUT2D eigenvalue weighted by Gasteiger charge is -2.33. The average molecular weight is 782 g/mol. The Labute approximate surface area is 335 Å². The molecule has 3 heterocycles. The van der Waals surface area contributed by atoms with Crippen molar-refractivity contribution >= 4 is 36.0 Å². The third-order valence-electron chi connectivity index (χ3n) is 11.0. The Morgan fingerprint density at radius 2 is 0.825 bits per heavy atom. The molecule has 0 spiro atoms. The lowest BCUT2D eigenvalue weighted by molar-refractivity contribution is -0.145. The zero-order valence-electron chi connectivity index (χ0n) is 33.7. The van der Waals surface area contributed by atoms with Crippen molar-refractivity contribution in [1.29, 1.82) is 0 Å². The van der Waals surface area contributed by atoms with Gasteiger partial charge in [-0.3, -0.25) is 14.4 Å². The third-order valence-corrected chi connectivity index (χ3v) is 11.0. The number of rotatable bonds is 13. The molecular formula is C45H55N3O9. The molecule has 0 saturated carbocycles. The Hall–Kier alpha value is -5.52. The van der Waals surface area contributed by atoms with Gasteiger partial charge in [0.25, 0.3) is 0 Å². The van der Waals surface area contributed by atoms with Crippen LogP contribution in [0.4, 0.5) is 14.4 Å². The number of hydrogen-bond acceptors (Lipinski definition) is 9. The molecule has 12 heteroatoms. The quantitative estimate of drug-likeness (QED) is 0.163. The van der Waals surface area contributed by atoms with E-state index in [0.717, 1.165) is 16.7 Å². The summed E-state index contributed by atoms with van der Waals surface area (Å²) in [6, 6.07) is 27.7. The summed E-state index contributed by atoms with van der Waals surface area (Å²) in [7, 11) is 0. The molecule has 3 aromatic carbocycles. The van der Waals surface area contributed by atoms with Crippen LogP contribution in [-0.4, -0.2) is 88.6 Å². The zero-order chi connectivity index (χ0) is 41.2. The van der Waals surface area contributed by atoms with Crippen LogP contribution in [0.25, 0.3) is 0 Å². The molecule has 0 N–H and O–H groups in total. The van der Waals surface area contributed by atoms with Crippen molar-refractivity contribution in [3.8, 4) is 0 Å². The van der Waals surface area contributed by atoms with E-state index >= 15 is 0 Å². The molecule has 0 radical (unpaired) electrons. The zero-order valence-corrected chi connectivity index (χ0v) is 33.7. The minimum absolute atomic E-state index is 0.0232. The minimum Gasteiger partial charge on any atom is -0.447 e. The van der Waals surface area contributed by atoms with Crippen LogP contribution in [0, 0.1) is 29.6 Å². The van der Waals surface area contributed by atoms with Crippen molar-refractivity contribution in [3.63, 3.8) is 0 Å². The molecule has 5 atom stereocenters. The summed E-state index contributed by atoms with van der Waals surface area (Å²) in [6.45, 7) is 12.2. The molecule has 3 fully saturated rings. The molecule has 3 aromatic rings. The smallest absolute Gasteiger partial charge is 0.416 e. The van der Waals surface area contributed by atoms with Crippen LogP contribution in [0.1, 0.15) is 64.7 Å². The molecule has 0 unspecified atom stereocenters. The van der Waals surface area contributed by atoms with Gasteiger partial charge in [0.15, 0.2) is 0 Å². The Bertz CT molecular complexity index is 1760. The van der Waals surface area contributed by atoms with Gasteiger partial charge < -0.3 is 14.2 Å². The van der Waals surface area contributed by atoms with Gasteiger partial charge in [0.1, 0.15) is 19.8 Å². The summed E-state index contributed by atoms with van der Waals surface area (Å²) in [5.41, 5.74) is 2.81. The van der Waals surface area contributed by atoms with Crippen molar-refractivity contribution in [2.24, 2.45) is 29.6 Å². The summed E-state index contributed by atoms with van der Waals surface area (Å²) in [6.07, 6.45) is -0.454. The maximum Gasteiger partial charge on any atom is 0.416 e. The summed E-state index contributed by atoms with van der Waals surface area (Å²) < 4.78 is 15.5. The van der Waals surface area contributed by atoms with Crippen molar-refractivity contribution in [2.45, 2.75) is 85.4 Å². The van der Waals surface area contributed by atoms with Gasteiger partial charge in [-0.25, -0.2) is 29.1 Å². The topological polar surface area (TPSA) is 140 Å². The fourth-order valence-electron chi connectivity index (χ4n) is 7.49. The predicted molar refractivity (Wildman–Crippen MR) is 212 cm³/mol. The van der Waals surface area contributed by atoms with E-state index in [2.05, 4.69) is 0 Å². The van der Waals surface area contributed by atoms with E-state index in [4.69, 9.17) is 14.2 Å². The Kier molecular flexibility index (Phi) is 14.6. The standard InChI is InChI=1S/C30H36N2O6.C15H19NO3/c1-19(2)25-17-37-29(35)31(25)27(33)23(15-21-11-7-5-8-12-21)24(16-22-13-9-6-10-14-22)28(34)32-26(20(3)4)18-38-30(32)36;1-11(2)13-10-19-15(18)16(13)14(17)9-8-12-6-4-3-5-7-12/h5-14,19-20,23-26H,15-18H2,1-4H3;3-7,11,13H,8-10H2,1-2H3/t23-,24-,25-,26-;13-/m11/s1. The number of ether oxygens (including phenoxy) is 3. The molecule has 0 aromatic heterocycles. The number of imide groups is 3. The maximum atomic E-state index is 14.3. The first-order chi connectivity index (χ1) is 27.3. The van der Waals surface area contributed by atoms with Gasteiger partial charge in [0.05, 0.1) is 30.0 Å². The summed E-state index contributed by atoms with van der Waals surface area (Å²) in [5, 5.41) is 0. The first kappa shape index (κ1) is 42.6. The van der Waals surface area contributed by atoms with Crippen molar-refractivity contribution in [1.82, 2.24) is 14.7 Å². The fourth-order valence-corrected chi connectivity index (χ4v) is 7.49. The van der Waals surface area contributed by atoms with Crippen molar-refractivity contribution < 1.29 is 43.0 Å². The van der Waals surface area contributed by atoms with Crippen LogP contribution in [0.15, 0.2) is 91.0 Å². The van der Waals surface area contributed by atoms with Crippen LogP contribution in [0.2, 0.25) is 0 Å². The van der Waals surface area contributed by atoms with E-state index in [1.54, 1.807) is 0 Å². The van der Waals surface area contributed by atoms with Gasteiger partial charge in [0, 0.05) is 6.42 Å². The van der Waals surface area contributed by atoms with E-state index in [1.165, 1.54) is 14.7 Å². The van der Waals surface area contributed by atoms with Gasteiger partial charge in [0.2, 0.25) is 17.7 Å². The van der Waals surface area contributed by atoms with E-state index in [9.17, 15) is 28.8 Å². The lowest BCUT2D eigenvalue weighted by Crippen LogP contribution is -2.52. The molecule has 0 bridgehead atoms. The fraction of sp³-hybridized carbons (Fsp3) is 0.467. The van der Waals surface area contributed by atoms with Gasteiger partial charge in [-0.2, -0.15) is 0 Å². The van der Waals surface area contributed by atoms with Gasteiger partial charge in [-0.1, -0.05) is 133 Å². The number of nitrogens with zero attached hydrogens (tertiary/aromatic N) is 3. The third kappa shape index (κ3) is 10.5. The molecule has 3 aliphatic rings. The number of hydrogen-bond donors (Lipinski definition) is 0. The van der Waals surface area contributed by atoms with Crippen molar-refractivity contribution in [3.05, 3.63) is 108 Å². The average Bonchev–Trinajstić information content (AvgIpc) is 3.92. The second kappa shape index (κ2) is 19.6. The van der Waals surface area contributed by atoms with E-state index < -0.39 is 54.0 Å². The van der Waals surface area contributed by atoms with Crippen LogP contribution in [0.3, 0.4) is 0 Å². The second-order valence-corrected chi connectivity index (χ2v) is 15.9. The molecule has 57 heavy (non-hydrogen) atoms. The lowest BCUT2D eigenvalue weighted by atomic mass is 9.80. The SMILES string of the molecule is CC(C)[C@H]1COC(=O)N1C(=O)CCc1ccccc1.CC(C)[C@H]1COC(=O)N1C(=O)[C@H](Cc1ccccc1)[C@@H](Cc1ccccc1)C(=O)N1C(=O)OC[C@@H]1C(C)C. The highest BCUT2D eigenvalue weighted by atomic mass is 16.6. The van der Waals surface area contributed by atoms with Gasteiger partial charge in [-0.15, -0.1) is 0 Å². The van der Waals surface area contributed by atoms with Gasteiger partial charge in [-0.05, 0) is 53.7 Å². The molecule has 0 aliphatic carbocycles. The van der Waals surface area contributed by atoms with E-state index in [0.29, 0.717) is 19.4 Å². The normalized spacial score (nSPS) is 20.3. The first-order valence-corrected chi connectivity index (χ1v) is 19.9. The van der Waals surface area contributed by atoms with Crippen LogP contribution >= 0.6 is 0 Å². The second-order valence-electron chi connectivity index (χ2n) is 15.9. The maximum absolute atomic E-state index is 14.3. The summed E-state index contributed by atoms with van der Waals surface area (Å²) in [5.74, 6) is -2.71. The number of cyclic esters (lactones) is 3. The minimum atomic E-state index is -0.904. The van der Waals surface area contributed by atoms with Crippen LogP contribution < -0.4 is 0 Å². The van der Waals surface area contributed by atoms with E-state index in [-0.39, 0.29) is 55.8 Å². The number of amides is 6. The molecule has 6 amide bonds. The molecule has 3 saturated heterocycles. The number of aryl methyl sites for hydroxylation is 1. The largest absolute Gasteiger partial charge is 0.447 e. The molecule has 304 valence electrons. The van der Waals surface area contributed by atoms with E-state index in [1.807, 2.05) is 133 Å². The monoisotopic (exact) mass is 781 g/mol. The first-order valence-electron chi connectivity index (χ1n) is 19.9. The molecule has 6 rings (SSSR count). The summed E-state index contributed by atoms with van der Waals surface area (Å²) >= 11 is 0. The molecule has 3 aliphatic heterocycles. The summed E-state index contributed by atoms with van der Waals surface area (Å²) in [4.78, 5) is 81.6. The van der Waals surface area contributed by atoms with Crippen molar-refractivity contribution in [2.75, 3.05) is 19.8 Å². The molecular weight excluding hydrogens is 727 g/mol. The molecule has 12 nitrogen and oxygen atoms in total. The van der Waals surface area contributed by atoms with Crippen LogP contribution in [0.5, 0.6) is 0 Å². The predicted octanol–water partition coefficient (Wildman–Crippen LogP) is 7.33. The Balaban J connectivity index is 0.000000273.